The van der Waals surface area contributed by atoms with Gasteiger partial charge in [0.2, 0.25) is 11.8 Å². The van der Waals surface area contributed by atoms with E-state index in [-0.39, 0.29) is 11.8 Å². The van der Waals surface area contributed by atoms with E-state index in [1.54, 1.807) is 0 Å². The van der Waals surface area contributed by atoms with Crippen molar-refractivity contribution in [1.29, 1.82) is 0 Å². The number of amides is 2. The number of nitrogens with two attached hydrogens (primary N) is 1. The van der Waals surface area contributed by atoms with Crippen molar-refractivity contribution in [3.63, 3.8) is 0 Å². The molecule has 25 heavy (non-hydrogen) atoms. The molecule has 2 saturated heterocycles. The number of rotatable bonds is 4. The lowest BCUT2D eigenvalue weighted by Gasteiger charge is -2.48. The summed E-state index contributed by atoms with van der Waals surface area (Å²) in [5, 5.41) is 0. The van der Waals surface area contributed by atoms with Gasteiger partial charge < -0.3 is 10.6 Å². The molecule has 1 aromatic rings. The van der Waals surface area contributed by atoms with Crippen LogP contribution < -0.4 is 5.73 Å². The lowest BCUT2D eigenvalue weighted by atomic mass is 9.83. The zero-order valence-electron chi connectivity index (χ0n) is 15.2. The smallest absolute Gasteiger partial charge is 0.238 e. The molecule has 0 radical (unpaired) electrons. The first-order chi connectivity index (χ1) is 12.0. The average molecular weight is 343 g/mol. The van der Waals surface area contributed by atoms with Crippen LogP contribution in [-0.2, 0) is 16.0 Å². The number of piperidine rings is 2. The van der Waals surface area contributed by atoms with E-state index in [0.717, 1.165) is 31.5 Å². The molecular formula is C20H29N3O2. The number of primary amides is 1. The van der Waals surface area contributed by atoms with Crippen molar-refractivity contribution in [2.24, 2.45) is 5.73 Å². The van der Waals surface area contributed by atoms with Crippen molar-refractivity contribution in [2.45, 2.75) is 51.0 Å². The van der Waals surface area contributed by atoms with E-state index in [4.69, 9.17) is 5.73 Å². The highest BCUT2D eigenvalue weighted by atomic mass is 16.2. The molecule has 0 aliphatic carbocycles. The predicted octanol–water partition coefficient (Wildman–Crippen LogP) is 1.87. The summed E-state index contributed by atoms with van der Waals surface area (Å²) in [5.74, 6) is -0.0828. The van der Waals surface area contributed by atoms with Gasteiger partial charge in [-0.25, -0.2) is 0 Å². The number of aryl methyl sites for hydroxylation is 1. The van der Waals surface area contributed by atoms with E-state index >= 15 is 0 Å². The molecule has 0 bridgehead atoms. The number of nitrogens with zero attached hydrogens (tertiary/aromatic N) is 2. The second-order valence-corrected chi connectivity index (χ2v) is 7.49. The quantitative estimate of drug-likeness (QED) is 0.907. The van der Waals surface area contributed by atoms with Crippen LogP contribution in [0.2, 0.25) is 0 Å². The summed E-state index contributed by atoms with van der Waals surface area (Å²) in [4.78, 5) is 29.0. The fourth-order valence-corrected chi connectivity index (χ4v) is 4.16. The zero-order chi connectivity index (χ0) is 17.9. The highest BCUT2D eigenvalue weighted by Gasteiger charge is 2.45. The number of hydrogen-bond acceptors (Lipinski definition) is 3. The Kier molecular flexibility index (Phi) is 5.42. The number of benzene rings is 1. The van der Waals surface area contributed by atoms with E-state index in [9.17, 15) is 9.59 Å². The van der Waals surface area contributed by atoms with Crippen molar-refractivity contribution in [1.82, 2.24) is 9.80 Å². The molecule has 0 saturated carbocycles. The van der Waals surface area contributed by atoms with Gasteiger partial charge in [0.05, 0.1) is 6.42 Å². The van der Waals surface area contributed by atoms with Gasteiger partial charge in [0, 0.05) is 13.1 Å². The molecule has 136 valence electrons. The minimum absolute atomic E-state index is 0.139. The molecule has 2 aliphatic rings. The summed E-state index contributed by atoms with van der Waals surface area (Å²) in [5.41, 5.74) is 7.49. The summed E-state index contributed by atoms with van der Waals surface area (Å²) >= 11 is 0. The Labute approximate surface area is 150 Å². The molecule has 2 fully saturated rings. The van der Waals surface area contributed by atoms with Crippen molar-refractivity contribution >= 4 is 11.8 Å². The van der Waals surface area contributed by atoms with Gasteiger partial charge in [-0.3, -0.25) is 14.5 Å². The SMILES string of the molecule is Cc1ccc(CC(=O)N2CCC(C(N)=O)(N3CCCCC3)CC2)cc1. The maximum Gasteiger partial charge on any atom is 0.238 e. The van der Waals surface area contributed by atoms with E-state index in [1.165, 1.54) is 12.0 Å². The first kappa shape index (κ1) is 17.9. The second-order valence-electron chi connectivity index (χ2n) is 7.49. The fourth-order valence-electron chi connectivity index (χ4n) is 4.16. The Hall–Kier alpha value is -1.88. The predicted molar refractivity (Wildman–Crippen MR) is 98.0 cm³/mol. The van der Waals surface area contributed by atoms with Crippen LogP contribution in [0.3, 0.4) is 0 Å². The van der Waals surface area contributed by atoms with E-state index < -0.39 is 5.54 Å². The Morgan fingerprint density at radius 1 is 1.00 bits per heavy atom. The lowest BCUT2D eigenvalue weighted by molar-refractivity contribution is -0.141. The molecular weight excluding hydrogens is 314 g/mol. The lowest BCUT2D eigenvalue weighted by Crippen LogP contribution is -2.63. The van der Waals surface area contributed by atoms with Crippen LogP contribution in [0.4, 0.5) is 0 Å². The van der Waals surface area contributed by atoms with Crippen molar-refractivity contribution < 1.29 is 9.59 Å². The number of likely N-dealkylation sites (tertiary alicyclic amines) is 2. The van der Waals surface area contributed by atoms with Gasteiger partial charge in [-0.05, 0) is 51.3 Å². The van der Waals surface area contributed by atoms with Gasteiger partial charge in [0.1, 0.15) is 5.54 Å². The van der Waals surface area contributed by atoms with Crippen molar-refractivity contribution in [2.75, 3.05) is 26.2 Å². The van der Waals surface area contributed by atoms with Crippen molar-refractivity contribution in [3.8, 4) is 0 Å². The van der Waals surface area contributed by atoms with E-state index in [0.29, 0.717) is 32.4 Å². The summed E-state index contributed by atoms with van der Waals surface area (Å²) in [7, 11) is 0. The average Bonchev–Trinajstić information content (AvgIpc) is 2.64. The summed E-state index contributed by atoms with van der Waals surface area (Å²) in [6, 6.07) is 8.10. The fraction of sp³-hybridized carbons (Fsp3) is 0.600. The van der Waals surface area contributed by atoms with Crippen LogP contribution in [0.5, 0.6) is 0 Å². The molecule has 0 unspecified atom stereocenters. The van der Waals surface area contributed by atoms with E-state index in [2.05, 4.69) is 4.90 Å². The standard InChI is InChI=1S/C20H29N3O2/c1-16-5-7-17(8-6-16)15-18(24)22-13-9-20(10-14-22,19(21)25)23-11-3-2-4-12-23/h5-8H,2-4,9-15H2,1H3,(H2,21,25). The Balaban J connectivity index is 1.62. The maximum absolute atomic E-state index is 12.6. The van der Waals surface area contributed by atoms with E-state index in [1.807, 2.05) is 36.1 Å². The minimum Gasteiger partial charge on any atom is -0.368 e. The van der Waals surface area contributed by atoms with Crippen LogP contribution in [0, 0.1) is 6.92 Å². The summed E-state index contributed by atoms with van der Waals surface area (Å²) in [6.07, 6.45) is 5.22. The highest BCUT2D eigenvalue weighted by Crippen LogP contribution is 2.31. The largest absolute Gasteiger partial charge is 0.368 e. The van der Waals surface area contributed by atoms with Gasteiger partial charge in [0.15, 0.2) is 0 Å². The monoisotopic (exact) mass is 343 g/mol. The number of hydrogen-bond donors (Lipinski definition) is 1. The van der Waals surface area contributed by atoms with Crippen LogP contribution >= 0.6 is 0 Å². The molecule has 2 aliphatic heterocycles. The Morgan fingerprint density at radius 2 is 1.60 bits per heavy atom. The molecule has 0 aromatic heterocycles. The molecule has 5 heteroatoms. The molecule has 2 amide bonds. The normalized spacial score (nSPS) is 21.1. The van der Waals surface area contributed by atoms with Gasteiger partial charge >= 0.3 is 0 Å². The molecule has 1 aromatic carbocycles. The van der Waals surface area contributed by atoms with Gasteiger partial charge in [-0.2, -0.15) is 0 Å². The van der Waals surface area contributed by atoms with Gasteiger partial charge in [-0.15, -0.1) is 0 Å². The number of carbonyl (C=O) groups excluding carboxylic acids is 2. The molecule has 3 rings (SSSR count). The first-order valence-corrected chi connectivity index (χ1v) is 9.39. The Morgan fingerprint density at radius 3 is 2.16 bits per heavy atom. The van der Waals surface area contributed by atoms with Crippen LogP contribution in [0.1, 0.15) is 43.2 Å². The Bertz CT molecular complexity index is 612. The summed E-state index contributed by atoms with van der Waals surface area (Å²) < 4.78 is 0. The molecule has 0 atom stereocenters. The second kappa shape index (κ2) is 7.56. The topological polar surface area (TPSA) is 66.6 Å². The molecule has 5 nitrogen and oxygen atoms in total. The number of carbonyl (C=O) groups is 2. The third kappa shape index (κ3) is 3.87. The van der Waals surface area contributed by atoms with Crippen LogP contribution in [-0.4, -0.2) is 53.3 Å². The minimum atomic E-state index is -0.555. The van der Waals surface area contributed by atoms with Crippen molar-refractivity contribution in [3.05, 3.63) is 35.4 Å². The zero-order valence-corrected chi connectivity index (χ0v) is 15.2. The molecule has 2 N–H and O–H groups in total. The third-order valence-corrected chi connectivity index (χ3v) is 5.84. The van der Waals surface area contributed by atoms with Crippen LogP contribution in [0.15, 0.2) is 24.3 Å². The first-order valence-electron chi connectivity index (χ1n) is 9.39. The summed E-state index contributed by atoms with van der Waals surface area (Å²) in [6.45, 7) is 5.16. The molecule has 0 spiro atoms. The maximum atomic E-state index is 12.6. The highest BCUT2D eigenvalue weighted by molar-refractivity contribution is 5.85. The van der Waals surface area contributed by atoms with Gasteiger partial charge in [-0.1, -0.05) is 36.2 Å². The van der Waals surface area contributed by atoms with Gasteiger partial charge in [0.25, 0.3) is 0 Å². The molecule has 2 heterocycles. The third-order valence-electron chi connectivity index (χ3n) is 5.84. The van der Waals surface area contributed by atoms with Crippen LogP contribution in [0.25, 0.3) is 0 Å².